The zero-order chi connectivity index (χ0) is 21.5. The molecule has 10 heteroatoms. The molecule has 5 N–H and O–H groups in total. The van der Waals surface area contributed by atoms with E-state index in [0.29, 0.717) is 17.1 Å². The predicted octanol–water partition coefficient (Wildman–Crippen LogP) is 2.62. The van der Waals surface area contributed by atoms with Crippen molar-refractivity contribution in [1.29, 1.82) is 0 Å². The number of hydrogen-bond donors (Lipinski definition) is 4. The van der Waals surface area contributed by atoms with Gasteiger partial charge in [-0.1, -0.05) is 24.4 Å². The molecule has 0 bridgehead atoms. The molecule has 0 saturated heterocycles. The highest BCUT2D eigenvalue weighted by molar-refractivity contribution is 5.96. The van der Waals surface area contributed by atoms with Gasteiger partial charge in [-0.15, -0.1) is 0 Å². The Labute approximate surface area is 173 Å². The number of hydrogen-bond acceptors (Lipinski definition) is 6. The summed E-state index contributed by atoms with van der Waals surface area (Å²) in [6.07, 6.45) is 5.05. The number of nitrogens with one attached hydrogen (secondary N) is 3. The third kappa shape index (κ3) is 5.49. The fourth-order valence-electron chi connectivity index (χ4n) is 3.34. The van der Waals surface area contributed by atoms with Crippen LogP contribution < -0.4 is 26.4 Å². The first-order chi connectivity index (χ1) is 14.5. The number of methoxy groups -OCH3 is 1. The number of primary amides is 1. The molecule has 0 unspecified atom stereocenters. The summed E-state index contributed by atoms with van der Waals surface area (Å²) >= 11 is 0. The van der Waals surface area contributed by atoms with E-state index in [2.05, 4.69) is 21.1 Å². The van der Waals surface area contributed by atoms with E-state index in [-0.39, 0.29) is 29.8 Å². The summed E-state index contributed by atoms with van der Waals surface area (Å²) in [6, 6.07) is 5.82. The lowest BCUT2D eigenvalue weighted by molar-refractivity contribution is -0.120. The first-order valence-electron chi connectivity index (χ1n) is 9.75. The summed E-state index contributed by atoms with van der Waals surface area (Å²) in [4.78, 5) is 35.7. The number of amides is 4. The molecule has 0 aliphatic heterocycles. The number of nitrogens with zero attached hydrogens (tertiary/aromatic N) is 1. The quantitative estimate of drug-likeness (QED) is 0.546. The molecule has 0 atom stereocenters. The molecule has 10 nitrogen and oxygen atoms in total. The topological polar surface area (TPSA) is 149 Å². The summed E-state index contributed by atoms with van der Waals surface area (Å²) in [5, 5.41) is 11.7. The lowest BCUT2D eigenvalue weighted by atomic mass is 9.88. The maximum absolute atomic E-state index is 12.6. The van der Waals surface area contributed by atoms with Gasteiger partial charge in [-0.05, 0) is 31.0 Å². The van der Waals surface area contributed by atoms with Gasteiger partial charge in [-0.25, -0.2) is 4.79 Å². The number of aromatic nitrogens is 1. The number of benzene rings is 1. The first kappa shape index (κ1) is 21.2. The predicted molar refractivity (Wildman–Crippen MR) is 109 cm³/mol. The Morgan fingerprint density at radius 1 is 1.17 bits per heavy atom. The van der Waals surface area contributed by atoms with Crippen LogP contribution in [0.3, 0.4) is 0 Å². The molecule has 30 heavy (non-hydrogen) atoms. The van der Waals surface area contributed by atoms with Crippen molar-refractivity contribution in [2.75, 3.05) is 17.7 Å². The minimum absolute atomic E-state index is 0.00410. The summed E-state index contributed by atoms with van der Waals surface area (Å²) in [5.41, 5.74) is 6.06. The third-order valence-electron chi connectivity index (χ3n) is 4.93. The molecule has 1 saturated carbocycles. The van der Waals surface area contributed by atoms with Gasteiger partial charge in [-0.2, -0.15) is 0 Å². The molecular formula is C20H25N5O5. The Kier molecular flexibility index (Phi) is 6.89. The molecule has 2 aromatic rings. The van der Waals surface area contributed by atoms with Crippen molar-refractivity contribution in [3.63, 3.8) is 0 Å². The molecule has 160 valence electrons. The number of anilines is 2. The number of nitrogens with two attached hydrogens (primary N) is 1. The number of rotatable bonds is 7. The number of carbonyl (C=O) groups is 3. The highest BCUT2D eigenvalue weighted by Gasteiger charge is 2.22. The van der Waals surface area contributed by atoms with Gasteiger partial charge < -0.3 is 30.9 Å². The molecule has 0 spiro atoms. The summed E-state index contributed by atoms with van der Waals surface area (Å²) in [7, 11) is 1.52. The van der Waals surface area contributed by atoms with E-state index >= 15 is 0 Å². The molecule has 1 aliphatic carbocycles. The van der Waals surface area contributed by atoms with Gasteiger partial charge in [0.25, 0.3) is 5.91 Å². The van der Waals surface area contributed by atoms with Crippen LogP contribution in [0.4, 0.5) is 16.2 Å². The Hall–Kier alpha value is -3.56. The number of ether oxygens (including phenoxy) is 1. The standard InChI is InChI=1S/C20H25N5O5/c1-29-17-8-7-13(9-15(17)24-19(27)12-5-3-2-4-6-12)23-20(28)22-11-14-10-16(18(21)26)25-30-14/h7-10,12H,2-6,11H2,1H3,(H2,21,26)(H,24,27)(H2,22,23,28). The minimum atomic E-state index is -0.713. The van der Waals surface area contributed by atoms with Gasteiger partial charge >= 0.3 is 6.03 Å². The largest absolute Gasteiger partial charge is 0.495 e. The van der Waals surface area contributed by atoms with Crippen LogP contribution in [0.1, 0.15) is 48.4 Å². The van der Waals surface area contributed by atoms with Crippen molar-refractivity contribution in [2.45, 2.75) is 38.6 Å². The lowest BCUT2D eigenvalue weighted by Crippen LogP contribution is -2.28. The second kappa shape index (κ2) is 9.77. The van der Waals surface area contributed by atoms with Crippen LogP contribution in [0.2, 0.25) is 0 Å². The zero-order valence-electron chi connectivity index (χ0n) is 16.7. The van der Waals surface area contributed by atoms with Crippen molar-refractivity contribution in [1.82, 2.24) is 10.5 Å². The van der Waals surface area contributed by atoms with E-state index in [9.17, 15) is 14.4 Å². The summed E-state index contributed by atoms with van der Waals surface area (Å²) < 4.78 is 10.2. The van der Waals surface area contributed by atoms with Crippen molar-refractivity contribution in [2.24, 2.45) is 11.7 Å². The Bertz CT molecular complexity index is 920. The van der Waals surface area contributed by atoms with Crippen LogP contribution >= 0.6 is 0 Å². The highest BCUT2D eigenvalue weighted by atomic mass is 16.5. The summed E-state index contributed by atoms with van der Waals surface area (Å²) in [6.45, 7) is 0.0214. The number of urea groups is 1. The normalized spacial score (nSPS) is 14.0. The van der Waals surface area contributed by atoms with Crippen molar-refractivity contribution in [3.05, 3.63) is 35.7 Å². The Balaban J connectivity index is 1.59. The van der Waals surface area contributed by atoms with E-state index in [1.165, 1.54) is 19.6 Å². The van der Waals surface area contributed by atoms with E-state index in [1.54, 1.807) is 18.2 Å². The molecule has 1 aromatic carbocycles. The number of carbonyl (C=O) groups excluding carboxylic acids is 3. The van der Waals surface area contributed by atoms with Crippen molar-refractivity contribution < 1.29 is 23.6 Å². The van der Waals surface area contributed by atoms with Crippen LogP contribution in [-0.4, -0.2) is 30.1 Å². The van der Waals surface area contributed by atoms with Crippen LogP contribution in [0, 0.1) is 5.92 Å². The molecule has 3 rings (SSSR count). The third-order valence-corrected chi connectivity index (χ3v) is 4.93. The summed E-state index contributed by atoms with van der Waals surface area (Å²) in [5.74, 6) is 0.0381. The average Bonchev–Trinajstić information content (AvgIpc) is 3.23. The molecule has 1 heterocycles. The lowest BCUT2D eigenvalue weighted by Gasteiger charge is -2.21. The van der Waals surface area contributed by atoms with Crippen LogP contribution in [0.25, 0.3) is 0 Å². The second-order valence-corrected chi connectivity index (χ2v) is 7.09. The monoisotopic (exact) mass is 415 g/mol. The first-order valence-corrected chi connectivity index (χ1v) is 9.75. The molecule has 1 aliphatic rings. The van der Waals surface area contributed by atoms with Crippen molar-refractivity contribution >= 4 is 29.2 Å². The Morgan fingerprint density at radius 2 is 1.93 bits per heavy atom. The van der Waals surface area contributed by atoms with Crippen molar-refractivity contribution in [3.8, 4) is 5.75 Å². The average molecular weight is 415 g/mol. The highest BCUT2D eigenvalue weighted by Crippen LogP contribution is 2.30. The van der Waals surface area contributed by atoms with E-state index in [4.69, 9.17) is 15.0 Å². The SMILES string of the molecule is COc1ccc(NC(=O)NCc2cc(C(N)=O)no2)cc1NC(=O)C1CCCCC1. The smallest absolute Gasteiger partial charge is 0.319 e. The van der Waals surface area contributed by atoms with E-state index in [1.807, 2.05) is 0 Å². The minimum Gasteiger partial charge on any atom is -0.495 e. The molecule has 4 amide bonds. The molecule has 0 radical (unpaired) electrons. The fraction of sp³-hybridized carbons (Fsp3) is 0.400. The van der Waals surface area contributed by atoms with Crippen LogP contribution in [0.15, 0.2) is 28.8 Å². The maximum atomic E-state index is 12.6. The van der Waals surface area contributed by atoms with Gasteiger partial charge in [0, 0.05) is 17.7 Å². The zero-order valence-corrected chi connectivity index (χ0v) is 16.7. The Morgan fingerprint density at radius 3 is 2.60 bits per heavy atom. The van der Waals surface area contributed by atoms with Gasteiger partial charge in [0.15, 0.2) is 11.5 Å². The fourth-order valence-corrected chi connectivity index (χ4v) is 3.34. The van der Waals surface area contributed by atoms with Gasteiger partial charge in [-0.3, -0.25) is 9.59 Å². The maximum Gasteiger partial charge on any atom is 0.319 e. The van der Waals surface area contributed by atoms with E-state index in [0.717, 1.165) is 25.7 Å². The van der Waals surface area contributed by atoms with E-state index < -0.39 is 11.9 Å². The van der Waals surface area contributed by atoms with Gasteiger partial charge in [0.05, 0.1) is 19.3 Å². The molecular weight excluding hydrogens is 390 g/mol. The van der Waals surface area contributed by atoms with Gasteiger partial charge in [0.1, 0.15) is 5.75 Å². The van der Waals surface area contributed by atoms with Crippen LogP contribution in [0.5, 0.6) is 5.75 Å². The van der Waals surface area contributed by atoms with Gasteiger partial charge in [0.2, 0.25) is 5.91 Å². The molecule has 1 fully saturated rings. The molecule has 1 aromatic heterocycles. The second-order valence-electron chi connectivity index (χ2n) is 7.09. The van der Waals surface area contributed by atoms with Crippen LogP contribution in [-0.2, 0) is 11.3 Å².